The second kappa shape index (κ2) is 4.91. The van der Waals surface area contributed by atoms with Crippen molar-refractivity contribution >= 4 is 11.8 Å². The van der Waals surface area contributed by atoms with Crippen molar-refractivity contribution < 1.29 is 27.5 Å². The molecule has 2 fully saturated rings. The molecule has 2 aliphatic rings. The molecular weight excluding hydrogens is 277 g/mol. The minimum Gasteiger partial charge on any atom is -0.340 e. The predicted molar refractivity (Wildman–Crippen MR) is 62.5 cm³/mol. The number of nitrogens with zero attached hydrogens (tertiary/aromatic N) is 1. The Morgan fingerprint density at radius 1 is 1.40 bits per heavy atom. The molecule has 1 aliphatic heterocycles. The number of amides is 2. The van der Waals surface area contributed by atoms with Crippen molar-refractivity contribution in [3.8, 4) is 0 Å². The third-order valence-corrected chi connectivity index (χ3v) is 3.93. The Balaban J connectivity index is 2.05. The van der Waals surface area contributed by atoms with Crippen molar-refractivity contribution in [1.82, 2.24) is 10.2 Å². The van der Waals surface area contributed by atoms with Crippen molar-refractivity contribution in [2.24, 2.45) is 5.92 Å². The zero-order valence-electron chi connectivity index (χ0n) is 11.3. The van der Waals surface area contributed by atoms with E-state index in [1.54, 1.807) is 6.92 Å². The average molecular weight is 294 g/mol. The summed E-state index contributed by atoms with van der Waals surface area (Å²) in [6, 6.07) is -0.786. The third kappa shape index (κ3) is 2.89. The minimum atomic E-state index is -4.73. The second-order valence-corrected chi connectivity index (χ2v) is 5.43. The van der Waals surface area contributed by atoms with Crippen molar-refractivity contribution in [3.63, 3.8) is 0 Å². The summed E-state index contributed by atoms with van der Waals surface area (Å²) >= 11 is 0. The van der Waals surface area contributed by atoms with E-state index in [2.05, 4.69) is 10.1 Å². The van der Waals surface area contributed by atoms with Gasteiger partial charge in [0.2, 0.25) is 11.8 Å². The van der Waals surface area contributed by atoms with Crippen LogP contribution in [0, 0.1) is 5.92 Å². The maximum atomic E-state index is 12.4. The summed E-state index contributed by atoms with van der Waals surface area (Å²) in [5, 5.41) is 2.70. The first-order valence-electron chi connectivity index (χ1n) is 6.49. The summed E-state index contributed by atoms with van der Waals surface area (Å²) in [5.74, 6) is -0.610. The van der Waals surface area contributed by atoms with Crippen LogP contribution < -0.4 is 5.32 Å². The Morgan fingerprint density at radius 2 is 2.00 bits per heavy atom. The molecule has 1 saturated carbocycles. The number of hydrogen-bond acceptors (Lipinski definition) is 3. The van der Waals surface area contributed by atoms with E-state index in [1.807, 2.05) is 0 Å². The smallest absolute Gasteiger partial charge is 0.340 e. The fourth-order valence-corrected chi connectivity index (χ4v) is 2.52. The highest BCUT2D eigenvalue weighted by molar-refractivity contribution is 5.99. The number of carbonyl (C=O) groups is 2. The van der Waals surface area contributed by atoms with Gasteiger partial charge in [0.15, 0.2) is 0 Å². The molecule has 1 saturated heterocycles. The molecule has 0 aromatic heterocycles. The monoisotopic (exact) mass is 294 g/mol. The molecule has 2 amide bonds. The topological polar surface area (TPSA) is 58.6 Å². The van der Waals surface area contributed by atoms with Crippen molar-refractivity contribution in [1.29, 1.82) is 0 Å². The average Bonchev–Trinajstić information content (AvgIpc) is 3.14. The van der Waals surface area contributed by atoms with Gasteiger partial charge in [-0.25, -0.2) is 0 Å². The minimum absolute atomic E-state index is 0.0671. The molecule has 1 N–H and O–H groups in total. The highest BCUT2D eigenvalue weighted by atomic mass is 19.4. The van der Waals surface area contributed by atoms with E-state index >= 15 is 0 Å². The van der Waals surface area contributed by atoms with Gasteiger partial charge >= 0.3 is 6.36 Å². The van der Waals surface area contributed by atoms with E-state index in [0.29, 0.717) is 0 Å². The molecule has 0 spiro atoms. The Labute approximate surface area is 114 Å². The van der Waals surface area contributed by atoms with Crippen molar-refractivity contribution in [3.05, 3.63) is 0 Å². The normalized spacial score (nSPS) is 31.4. The van der Waals surface area contributed by atoms with Gasteiger partial charge in [0, 0.05) is 6.54 Å². The summed E-state index contributed by atoms with van der Waals surface area (Å²) in [6.45, 7) is 2.20. The zero-order chi connectivity index (χ0) is 15.1. The Morgan fingerprint density at radius 3 is 2.50 bits per heavy atom. The second-order valence-electron chi connectivity index (χ2n) is 5.43. The van der Waals surface area contributed by atoms with Crippen LogP contribution in [0.3, 0.4) is 0 Å². The van der Waals surface area contributed by atoms with Gasteiger partial charge in [-0.1, -0.05) is 0 Å². The lowest BCUT2D eigenvalue weighted by atomic mass is 9.90. The van der Waals surface area contributed by atoms with Crippen LogP contribution in [0.4, 0.5) is 13.2 Å². The van der Waals surface area contributed by atoms with E-state index in [0.717, 1.165) is 12.8 Å². The lowest BCUT2D eigenvalue weighted by Crippen LogP contribution is -2.69. The highest BCUT2D eigenvalue weighted by Crippen LogP contribution is 2.42. The van der Waals surface area contributed by atoms with Crippen molar-refractivity contribution in [2.75, 3.05) is 13.2 Å². The molecule has 1 heterocycles. The van der Waals surface area contributed by atoms with Gasteiger partial charge in [0.05, 0.1) is 6.61 Å². The molecule has 0 radical (unpaired) electrons. The SMILES string of the molecule is CC1C(=O)NC(C)(C2CC2)C(=O)N1CCOC(F)(F)F. The van der Waals surface area contributed by atoms with Gasteiger partial charge in [-0.05, 0) is 32.6 Å². The number of nitrogens with one attached hydrogen (secondary N) is 1. The van der Waals surface area contributed by atoms with Crippen LogP contribution in [0.2, 0.25) is 0 Å². The molecule has 2 atom stereocenters. The fourth-order valence-electron chi connectivity index (χ4n) is 2.52. The van der Waals surface area contributed by atoms with Gasteiger partial charge in [0.25, 0.3) is 0 Å². The quantitative estimate of drug-likeness (QED) is 0.843. The van der Waals surface area contributed by atoms with Gasteiger partial charge in [-0.2, -0.15) is 0 Å². The highest BCUT2D eigenvalue weighted by Gasteiger charge is 2.54. The van der Waals surface area contributed by atoms with Gasteiger partial charge in [-0.15, -0.1) is 13.2 Å². The summed E-state index contributed by atoms with van der Waals surface area (Å²) in [6.07, 6.45) is -3.06. The van der Waals surface area contributed by atoms with E-state index < -0.39 is 24.6 Å². The first-order chi connectivity index (χ1) is 9.15. The summed E-state index contributed by atoms with van der Waals surface area (Å²) in [5.41, 5.74) is -0.998. The Bertz CT molecular complexity index is 423. The van der Waals surface area contributed by atoms with E-state index in [4.69, 9.17) is 0 Å². The molecular formula is C12H17F3N2O3. The molecule has 114 valence electrons. The maximum absolute atomic E-state index is 12.4. The van der Waals surface area contributed by atoms with Crippen LogP contribution in [0.1, 0.15) is 26.7 Å². The molecule has 0 aromatic rings. The Kier molecular flexibility index (Phi) is 3.70. The lowest BCUT2D eigenvalue weighted by Gasteiger charge is -2.43. The standard InChI is InChI=1S/C12H17F3N2O3/c1-7-9(18)16-11(2,8-3-4-8)10(19)17(7)5-6-20-12(13,14)15/h7-8H,3-6H2,1-2H3,(H,16,18). The maximum Gasteiger partial charge on any atom is 0.522 e. The number of piperazine rings is 1. The molecule has 1 aliphatic carbocycles. The summed E-state index contributed by atoms with van der Waals surface area (Å²) < 4.78 is 39.6. The van der Waals surface area contributed by atoms with Gasteiger partial charge in [0.1, 0.15) is 11.6 Å². The molecule has 2 rings (SSSR count). The van der Waals surface area contributed by atoms with Crippen LogP contribution in [-0.4, -0.2) is 47.8 Å². The van der Waals surface area contributed by atoms with Gasteiger partial charge in [-0.3, -0.25) is 14.3 Å². The zero-order valence-corrected chi connectivity index (χ0v) is 11.3. The van der Waals surface area contributed by atoms with Crippen LogP contribution in [0.15, 0.2) is 0 Å². The number of rotatable bonds is 4. The van der Waals surface area contributed by atoms with E-state index in [-0.39, 0.29) is 24.3 Å². The number of alkyl halides is 3. The fraction of sp³-hybridized carbons (Fsp3) is 0.833. The number of halogens is 3. The summed E-state index contributed by atoms with van der Waals surface area (Å²) in [4.78, 5) is 25.5. The lowest BCUT2D eigenvalue weighted by molar-refractivity contribution is -0.325. The first-order valence-corrected chi connectivity index (χ1v) is 6.49. The van der Waals surface area contributed by atoms with E-state index in [9.17, 15) is 22.8 Å². The molecule has 8 heteroatoms. The molecule has 2 unspecified atom stereocenters. The predicted octanol–water partition coefficient (Wildman–Crippen LogP) is 1.04. The van der Waals surface area contributed by atoms with Crippen LogP contribution >= 0.6 is 0 Å². The third-order valence-electron chi connectivity index (χ3n) is 3.93. The number of ether oxygens (including phenoxy) is 1. The summed E-state index contributed by atoms with van der Waals surface area (Å²) in [7, 11) is 0. The Hall–Kier alpha value is -1.31. The van der Waals surface area contributed by atoms with Crippen molar-refractivity contribution in [2.45, 2.75) is 44.6 Å². The van der Waals surface area contributed by atoms with E-state index in [1.165, 1.54) is 11.8 Å². The largest absolute Gasteiger partial charge is 0.522 e. The molecule has 0 bridgehead atoms. The van der Waals surface area contributed by atoms with Crippen LogP contribution in [0.25, 0.3) is 0 Å². The molecule has 0 aromatic carbocycles. The first kappa shape index (κ1) is 15.1. The molecule has 5 nitrogen and oxygen atoms in total. The van der Waals surface area contributed by atoms with Gasteiger partial charge < -0.3 is 10.2 Å². The number of carbonyl (C=O) groups excluding carboxylic acids is 2. The van der Waals surface area contributed by atoms with Crippen LogP contribution in [-0.2, 0) is 14.3 Å². The number of hydrogen-bond donors (Lipinski definition) is 1. The van der Waals surface area contributed by atoms with Crippen LogP contribution in [0.5, 0.6) is 0 Å². The molecule has 20 heavy (non-hydrogen) atoms.